The van der Waals surface area contributed by atoms with Crippen LogP contribution in [0.5, 0.6) is 0 Å². The molecule has 0 unspecified atom stereocenters. The number of carbonyl (C=O) groups excluding carboxylic acids is 1. The van der Waals surface area contributed by atoms with Crippen molar-refractivity contribution in [2.24, 2.45) is 5.92 Å². The van der Waals surface area contributed by atoms with Crippen molar-refractivity contribution < 1.29 is 19.4 Å². The molecule has 0 radical (unpaired) electrons. The van der Waals surface area contributed by atoms with Crippen LogP contribution in [0.2, 0.25) is 0 Å². The number of rotatable bonds is 6. The van der Waals surface area contributed by atoms with E-state index in [1.54, 1.807) is 0 Å². The highest BCUT2D eigenvalue weighted by molar-refractivity contribution is 5.87. The van der Waals surface area contributed by atoms with E-state index in [1.807, 2.05) is 6.92 Å². The summed E-state index contributed by atoms with van der Waals surface area (Å²) < 4.78 is 5.10. The van der Waals surface area contributed by atoms with Gasteiger partial charge in [-0.15, -0.1) is 0 Å². The first-order valence-electron chi connectivity index (χ1n) is 6.62. The Labute approximate surface area is 108 Å². The number of carboxylic acids is 1. The van der Waals surface area contributed by atoms with Crippen molar-refractivity contribution in [2.75, 3.05) is 13.2 Å². The van der Waals surface area contributed by atoms with Gasteiger partial charge in [-0.25, -0.2) is 4.79 Å². The van der Waals surface area contributed by atoms with Gasteiger partial charge >= 0.3 is 5.97 Å². The molecule has 0 spiro atoms. The largest absolute Gasteiger partial charge is 0.480 e. The first-order valence-corrected chi connectivity index (χ1v) is 6.62. The van der Waals surface area contributed by atoms with E-state index in [2.05, 4.69) is 12.2 Å². The van der Waals surface area contributed by atoms with E-state index in [9.17, 15) is 14.7 Å². The first kappa shape index (κ1) is 15.0. The summed E-state index contributed by atoms with van der Waals surface area (Å²) in [6.07, 6.45) is 2.95. The van der Waals surface area contributed by atoms with Crippen LogP contribution in [0.4, 0.5) is 0 Å². The van der Waals surface area contributed by atoms with Gasteiger partial charge in [0, 0.05) is 13.0 Å². The molecule has 0 saturated heterocycles. The average Bonchev–Trinajstić information content (AvgIpc) is 2.32. The number of aliphatic carboxylic acids is 1. The summed E-state index contributed by atoms with van der Waals surface area (Å²) in [6, 6.07) is 0. The third kappa shape index (κ3) is 3.98. The molecule has 1 aliphatic rings. The lowest BCUT2D eigenvalue weighted by Crippen LogP contribution is -2.56. The number of hydrogen-bond donors (Lipinski definition) is 2. The minimum atomic E-state index is -1.06. The Kier molecular flexibility index (Phi) is 5.59. The van der Waals surface area contributed by atoms with Crippen LogP contribution in [0.3, 0.4) is 0 Å². The summed E-state index contributed by atoms with van der Waals surface area (Å²) in [4.78, 5) is 23.1. The number of ether oxygens (including phenoxy) is 1. The molecular weight excluding hydrogens is 234 g/mol. The Bertz CT molecular complexity index is 295. The molecule has 0 heterocycles. The fourth-order valence-corrected chi connectivity index (χ4v) is 2.29. The third-order valence-corrected chi connectivity index (χ3v) is 3.59. The molecule has 1 rings (SSSR count). The van der Waals surface area contributed by atoms with Crippen molar-refractivity contribution in [2.45, 2.75) is 51.5 Å². The predicted molar refractivity (Wildman–Crippen MR) is 67.3 cm³/mol. The quantitative estimate of drug-likeness (QED) is 0.708. The highest BCUT2D eigenvalue weighted by Gasteiger charge is 2.42. The molecule has 1 amide bonds. The molecule has 0 aromatic rings. The van der Waals surface area contributed by atoms with Crippen molar-refractivity contribution in [3.63, 3.8) is 0 Å². The lowest BCUT2D eigenvalue weighted by molar-refractivity contribution is -0.149. The molecule has 0 atom stereocenters. The van der Waals surface area contributed by atoms with E-state index in [-0.39, 0.29) is 12.3 Å². The minimum Gasteiger partial charge on any atom is -0.480 e. The first-order chi connectivity index (χ1) is 8.50. The zero-order valence-electron chi connectivity index (χ0n) is 11.2. The van der Waals surface area contributed by atoms with Gasteiger partial charge in [-0.05, 0) is 38.5 Å². The molecule has 5 heteroatoms. The lowest BCUT2D eigenvalue weighted by Gasteiger charge is -2.36. The normalized spacial score (nSPS) is 27.8. The smallest absolute Gasteiger partial charge is 0.329 e. The molecule has 0 aromatic heterocycles. The van der Waals surface area contributed by atoms with Crippen LogP contribution >= 0.6 is 0 Å². The molecule has 0 aromatic carbocycles. The molecule has 18 heavy (non-hydrogen) atoms. The van der Waals surface area contributed by atoms with Crippen LogP contribution in [0.15, 0.2) is 0 Å². The van der Waals surface area contributed by atoms with Crippen molar-refractivity contribution >= 4 is 11.9 Å². The van der Waals surface area contributed by atoms with Crippen LogP contribution in [-0.4, -0.2) is 35.7 Å². The van der Waals surface area contributed by atoms with Gasteiger partial charge in [0.25, 0.3) is 0 Å². The van der Waals surface area contributed by atoms with Gasteiger partial charge in [0.1, 0.15) is 5.54 Å². The predicted octanol–water partition coefficient (Wildman–Crippen LogP) is 1.56. The maximum atomic E-state index is 11.7. The number of carbonyl (C=O) groups is 2. The standard InChI is InChI=1S/C13H23NO4/c1-3-18-9-6-11(15)14-13(12(16)17)7-4-10(2)5-8-13/h10H,3-9H2,1-2H3,(H,14,15)(H,16,17). The summed E-state index contributed by atoms with van der Waals surface area (Å²) >= 11 is 0. The maximum Gasteiger partial charge on any atom is 0.329 e. The summed E-state index contributed by atoms with van der Waals surface area (Å²) in [5.41, 5.74) is -1.06. The number of carboxylic acid groups (broad SMARTS) is 1. The van der Waals surface area contributed by atoms with Gasteiger partial charge in [-0.3, -0.25) is 4.79 Å². The van der Waals surface area contributed by atoms with E-state index >= 15 is 0 Å². The Morgan fingerprint density at radius 1 is 1.39 bits per heavy atom. The van der Waals surface area contributed by atoms with Crippen molar-refractivity contribution in [1.29, 1.82) is 0 Å². The molecule has 2 N–H and O–H groups in total. The maximum absolute atomic E-state index is 11.7. The van der Waals surface area contributed by atoms with Crippen LogP contribution in [0, 0.1) is 5.92 Å². The van der Waals surface area contributed by atoms with Gasteiger partial charge in [-0.1, -0.05) is 6.92 Å². The fourth-order valence-electron chi connectivity index (χ4n) is 2.29. The molecule has 0 bridgehead atoms. The van der Waals surface area contributed by atoms with Gasteiger partial charge < -0.3 is 15.2 Å². The number of amides is 1. The molecular formula is C13H23NO4. The topological polar surface area (TPSA) is 75.6 Å². The second-order valence-corrected chi connectivity index (χ2v) is 5.06. The highest BCUT2D eigenvalue weighted by atomic mass is 16.5. The third-order valence-electron chi connectivity index (χ3n) is 3.59. The SMILES string of the molecule is CCOCCC(=O)NC1(C(=O)O)CCC(C)CC1. The zero-order chi connectivity index (χ0) is 13.6. The van der Waals surface area contributed by atoms with Crippen molar-refractivity contribution in [3.8, 4) is 0 Å². The second-order valence-electron chi connectivity index (χ2n) is 5.06. The lowest BCUT2D eigenvalue weighted by atomic mass is 9.77. The Morgan fingerprint density at radius 3 is 2.50 bits per heavy atom. The van der Waals surface area contributed by atoms with Gasteiger partial charge in [0.15, 0.2) is 0 Å². The van der Waals surface area contributed by atoms with Crippen LogP contribution in [0.1, 0.15) is 46.0 Å². The Hall–Kier alpha value is -1.10. The summed E-state index contributed by atoms with van der Waals surface area (Å²) in [5, 5.41) is 12.0. The Balaban J connectivity index is 2.52. The van der Waals surface area contributed by atoms with E-state index in [0.29, 0.717) is 32.0 Å². The summed E-state index contributed by atoms with van der Waals surface area (Å²) in [7, 11) is 0. The van der Waals surface area contributed by atoms with E-state index in [0.717, 1.165) is 12.8 Å². The second kappa shape index (κ2) is 6.73. The van der Waals surface area contributed by atoms with E-state index < -0.39 is 11.5 Å². The zero-order valence-corrected chi connectivity index (χ0v) is 11.2. The monoisotopic (exact) mass is 257 g/mol. The molecule has 0 aliphatic heterocycles. The molecule has 1 aliphatic carbocycles. The van der Waals surface area contributed by atoms with Gasteiger partial charge in [0.2, 0.25) is 5.91 Å². The van der Waals surface area contributed by atoms with Crippen molar-refractivity contribution in [1.82, 2.24) is 5.32 Å². The molecule has 5 nitrogen and oxygen atoms in total. The number of nitrogens with one attached hydrogen (secondary N) is 1. The molecule has 104 valence electrons. The molecule has 1 saturated carbocycles. The van der Waals surface area contributed by atoms with Crippen LogP contribution in [-0.2, 0) is 14.3 Å². The highest BCUT2D eigenvalue weighted by Crippen LogP contribution is 2.32. The molecule has 1 fully saturated rings. The summed E-state index contributed by atoms with van der Waals surface area (Å²) in [5.74, 6) is -0.614. The minimum absolute atomic E-state index is 0.221. The van der Waals surface area contributed by atoms with Gasteiger partial charge in [-0.2, -0.15) is 0 Å². The van der Waals surface area contributed by atoms with E-state index in [4.69, 9.17) is 4.74 Å². The summed E-state index contributed by atoms with van der Waals surface area (Å²) in [6.45, 7) is 4.88. The Morgan fingerprint density at radius 2 is 2.00 bits per heavy atom. The van der Waals surface area contributed by atoms with E-state index in [1.165, 1.54) is 0 Å². The van der Waals surface area contributed by atoms with Crippen LogP contribution in [0.25, 0.3) is 0 Å². The average molecular weight is 257 g/mol. The number of hydrogen-bond acceptors (Lipinski definition) is 3. The van der Waals surface area contributed by atoms with Crippen LogP contribution < -0.4 is 5.32 Å². The van der Waals surface area contributed by atoms with Gasteiger partial charge in [0.05, 0.1) is 6.61 Å². The van der Waals surface area contributed by atoms with Crippen molar-refractivity contribution in [3.05, 3.63) is 0 Å². The fraction of sp³-hybridized carbons (Fsp3) is 0.846.